The molecule has 0 aliphatic carbocycles. The Kier molecular flexibility index (Phi) is 6.43. The second kappa shape index (κ2) is 9.26. The Bertz CT molecular complexity index is 1110. The zero-order chi connectivity index (χ0) is 22.7. The molecule has 3 heterocycles. The number of aliphatic hydroxyl groups is 1. The second-order valence-corrected chi connectivity index (χ2v) is 8.86. The molecule has 1 fully saturated rings. The summed E-state index contributed by atoms with van der Waals surface area (Å²) in [6, 6.07) is 9.96. The first kappa shape index (κ1) is 22.2. The highest BCUT2D eigenvalue weighted by Crippen LogP contribution is 2.27. The van der Waals surface area contributed by atoms with Crippen molar-refractivity contribution in [1.29, 1.82) is 0 Å². The van der Waals surface area contributed by atoms with Gasteiger partial charge in [0.05, 0.1) is 30.2 Å². The van der Waals surface area contributed by atoms with Crippen molar-refractivity contribution in [3.8, 4) is 5.88 Å². The molecule has 1 aliphatic heterocycles. The molecule has 3 aromatic rings. The van der Waals surface area contributed by atoms with Gasteiger partial charge in [-0.25, -0.2) is 4.98 Å². The number of nitrogens with zero attached hydrogens (tertiary/aromatic N) is 4. The molecule has 0 radical (unpaired) electrons. The molecule has 2 aromatic heterocycles. The minimum atomic E-state index is -0.941. The van der Waals surface area contributed by atoms with Gasteiger partial charge in [-0.1, -0.05) is 0 Å². The van der Waals surface area contributed by atoms with Crippen LogP contribution in [0.5, 0.6) is 5.88 Å². The van der Waals surface area contributed by atoms with E-state index >= 15 is 0 Å². The number of H-pyrrole nitrogens is 1. The van der Waals surface area contributed by atoms with Gasteiger partial charge in [0.15, 0.2) is 0 Å². The lowest BCUT2D eigenvalue weighted by molar-refractivity contribution is 0.0268. The number of morpholine rings is 1. The lowest BCUT2D eigenvalue weighted by atomic mass is 10.1. The molecule has 4 rings (SSSR count). The van der Waals surface area contributed by atoms with Crippen molar-refractivity contribution in [2.45, 2.75) is 39.8 Å². The van der Waals surface area contributed by atoms with Gasteiger partial charge in [0.25, 0.3) is 0 Å². The predicted octanol–water partition coefficient (Wildman–Crippen LogP) is 4.45. The standard InChI is InChI=1S/C24H31N5O3/c1-16-17(2)26-22-6-5-18(12-21(16)22)28-25-14-19-11-20(29-7-9-31-10-8-29)13-23(27-19)32-15-24(3,4)30/h5-6,11-13,26,30H,7-10,14-15H2,1-4H3. The number of fused-ring (bicyclic) bond motifs is 1. The molecule has 2 N–H and O–H groups in total. The van der Waals surface area contributed by atoms with E-state index in [0.29, 0.717) is 25.6 Å². The summed E-state index contributed by atoms with van der Waals surface area (Å²) in [6.07, 6.45) is 0. The lowest BCUT2D eigenvalue weighted by Gasteiger charge is -2.29. The van der Waals surface area contributed by atoms with Crippen LogP contribution >= 0.6 is 0 Å². The zero-order valence-electron chi connectivity index (χ0n) is 19.2. The molecule has 0 spiro atoms. The topological polar surface area (TPSA) is 95.3 Å². The Morgan fingerprint density at radius 2 is 1.97 bits per heavy atom. The molecule has 8 nitrogen and oxygen atoms in total. The third-order valence-corrected chi connectivity index (χ3v) is 5.50. The number of hydrogen-bond donors (Lipinski definition) is 2. The lowest BCUT2D eigenvalue weighted by Crippen LogP contribution is -2.36. The Morgan fingerprint density at radius 1 is 1.19 bits per heavy atom. The molecule has 0 bridgehead atoms. The number of pyridine rings is 1. The smallest absolute Gasteiger partial charge is 0.215 e. The van der Waals surface area contributed by atoms with Gasteiger partial charge in [-0.15, -0.1) is 0 Å². The summed E-state index contributed by atoms with van der Waals surface area (Å²) in [4.78, 5) is 10.2. The number of ether oxygens (including phenoxy) is 2. The molecule has 1 aromatic carbocycles. The molecule has 1 aliphatic rings. The van der Waals surface area contributed by atoms with E-state index in [4.69, 9.17) is 9.47 Å². The summed E-state index contributed by atoms with van der Waals surface area (Å²) < 4.78 is 11.2. The molecule has 1 saturated heterocycles. The molecule has 0 amide bonds. The number of nitrogens with one attached hydrogen (secondary N) is 1. The van der Waals surface area contributed by atoms with Crippen LogP contribution in [0, 0.1) is 13.8 Å². The summed E-state index contributed by atoms with van der Waals surface area (Å²) in [6.45, 7) is 11.1. The van der Waals surface area contributed by atoms with Crippen LogP contribution in [-0.2, 0) is 11.3 Å². The number of benzene rings is 1. The number of azo groups is 1. The van der Waals surface area contributed by atoms with E-state index in [2.05, 4.69) is 38.9 Å². The maximum Gasteiger partial charge on any atom is 0.215 e. The molecule has 0 atom stereocenters. The van der Waals surface area contributed by atoms with E-state index in [1.807, 2.05) is 30.3 Å². The quantitative estimate of drug-likeness (QED) is 0.533. The van der Waals surface area contributed by atoms with Gasteiger partial charge in [0.2, 0.25) is 5.88 Å². The number of anilines is 1. The molecule has 170 valence electrons. The molecule has 0 unspecified atom stereocenters. The minimum absolute atomic E-state index is 0.156. The molecular weight excluding hydrogens is 406 g/mol. The number of rotatable bonds is 7. The first-order valence-electron chi connectivity index (χ1n) is 10.9. The van der Waals surface area contributed by atoms with Crippen molar-refractivity contribution in [2.24, 2.45) is 10.2 Å². The van der Waals surface area contributed by atoms with Crippen LogP contribution in [0.3, 0.4) is 0 Å². The highest BCUT2D eigenvalue weighted by molar-refractivity contribution is 5.86. The van der Waals surface area contributed by atoms with E-state index < -0.39 is 5.60 Å². The van der Waals surface area contributed by atoms with Crippen LogP contribution < -0.4 is 9.64 Å². The third-order valence-electron chi connectivity index (χ3n) is 5.50. The Labute approximate surface area is 188 Å². The van der Waals surface area contributed by atoms with Crippen LogP contribution in [0.4, 0.5) is 11.4 Å². The molecule has 0 saturated carbocycles. The van der Waals surface area contributed by atoms with E-state index in [-0.39, 0.29) is 6.61 Å². The van der Waals surface area contributed by atoms with Gasteiger partial charge in [-0.05, 0) is 57.5 Å². The van der Waals surface area contributed by atoms with Crippen LogP contribution in [-0.4, -0.2) is 53.6 Å². The van der Waals surface area contributed by atoms with Gasteiger partial charge in [0, 0.05) is 41.4 Å². The summed E-state index contributed by atoms with van der Waals surface area (Å²) in [5.41, 5.74) is 5.14. The summed E-state index contributed by atoms with van der Waals surface area (Å²) in [5, 5.41) is 20.0. The van der Waals surface area contributed by atoms with Crippen molar-refractivity contribution < 1.29 is 14.6 Å². The van der Waals surface area contributed by atoms with Gasteiger partial charge in [0.1, 0.15) is 13.2 Å². The maximum atomic E-state index is 10.0. The third kappa shape index (κ3) is 5.44. The summed E-state index contributed by atoms with van der Waals surface area (Å²) in [5.74, 6) is 0.473. The molecule has 32 heavy (non-hydrogen) atoms. The van der Waals surface area contributed by atoms with E-state index in [9.17, 15) is 5.11 Å². The van der Waals surface area contributed by atoms with Crippen LogP contribution in [0.25, 0.3) is 10.9 Å². The number of aromatic amines is 1. The van der Waals surface area contributed by atoms with Crippen LogP contribution in [0.2, 0.25) is 0 Å². The van der Waals surface area contributed by atoms with Crippen molar-refractivity contribution in [2.75, 3.05) is 37.8 Å². The van der Waals surface area contributed by atoms with Crippen LogP contribution in [0.15, 0.2) is 40.6 Å². The van der Waals surface area contributed by atoms with Crippen LogP contribution in [0.1, 0.15) is 30.8 Å². The fourth-order valence-electron chi connectivity index (χ4n) is 3.66. The predicted molar refractivity (Wildman–Crippen MR) is 125 cm³/mol. The van der Waals surface area contributed by atoms with Gasteiger partial charge >= 0.3 is 0 Å². The van der Waals surface area contributed by atoms with E-state index in [0.717, 1.165) is 46.8 Å². The Hall–Kier alpha value is -2.97. The average molecular weight is 438 g/mol. The van der Waals surface area contributed by atoms with Gasteiger partial charge in [-0.3, -0.25) is 0 Å². The number of hydrogen-bond acceptors (Lipinski definition) is 7. The number of aryl methyl sites for hydroxylation is 2. The van der Waals surface area contributed by atoms with E-state index in [1.54, 1.807) is 13.8 Å². The first-order valence-corrected chi connectivity index (χ1v) is 10.9. The van der Waals surface area contributed by atoms with Crippen molar-refractivity contribution in [1.82, 2.24) is 9.97 Å². The van der Waals surface area contributed by atoms with Gasteiger partial charge in [-0.2, -0.15) is 10.2 Å². The SMILES string of the molecule is Cc1[nH]c2ccc(N=NCc3cc(N4CCOCC4)cc(OCC(C)(C)O)n3)cc2c1C. The normalized spacial score (nSPS) is 15.1. The van der Waals surface area contributed by atoms with Crippen molar-refractivity contribution in [3.05, 3.63) is 47.3 Å². The highest BCUT2D eigenvalue weighted by atomic mass is 16.5. The zero-order valence-corrected chi connectivity index (χ0v) is 19.2. The van der Waals surface area contributed by atoms with Gasteiger partial charge < -0.3 is 24.5 Å². The van der Waals surface area contributed by atoms with E-state index in [1.165, 1.54) is 5.56 Å². The maximum absolute atomic E-state index is 10.0. The Morgan fingerprint density at radius 3 is 2.72 bits per heavy atom. The number of aromatic nitrogens is 2. The summed E-state index contributed by atoms with van der Waals surface area (Å²) in [7, 11) is 0. The second-order valence-electron chi connectivity index (χ2n) is 8.86. The monoisotopic (exact) mass is 437 g/mol. The fraction of sp³-hybridized carbons (Fsp3) is 0.458. The first-order chi connectivity index (χ1) is 15.3. The fourth-order valence-corrected chi connectivity index (χ4v) is 3.66. The highest BCUT2D eigenvalue weighted by Gasteiger charge is 2.17. The summed E-state index contributed by atoms with van der Waals surface area (Å²) >= 11 is 0. The Balaban J connectivity index is 1.54. The van der Waals surface area contributed by atoms with Crippen molar-refractivity contribution in [3.63, 3.8) is 0 Å². The minimum Gasteiger partial charge on any atom is -0.475 e. The molecular formula is C24H31N5O3. The molecule has 8 heteroatoms. The largest absolute Gasteiger partial charge is 0.475 e. The average Bonchev–Trinajstić information content (AvgIpc) is 3.06. The van der Waals surface area contributed by atoms with Crippen molar-refractivity contribution >= 4 is 22.3 Å².